The number of anilines is 1. The molecule has 0 fully saturated rings. The van der Waals surface area contributed by atoms with Crippen molar-refractivity contribution in [2.24, 2.45) is 11.7 Å². The Kier molecular flexibility index (Phi) is 11.5. The Bertz CT molecular complexity index is 1780. The van der Waals surface area contributed by atoms with Gasteiger partial charge in [0.1, 0.15) is 17.5 Å². The Morgan fingerprint density at radius 1 is 1.11 bits per heavy atom. The highest BCUT2D eigenvalue weighted by Gasteiger charge is 2.28. The number of carbonyl (C=O) groups excluding carboxylic acids is 2. The molecule has 0 amide bonds. The zero-order valence-corrected chi connectivity index (χ0v) is 26.5. The van der Waals surface area contributed by atoms with Gasteiger partial charge in [-0.3, -0.25) is 18.9 Å². The van der Waals surface area contributed by atoms with E-state index in [1.54, 1.807) is 37.3 Å². The predicted octanol–water partition coefficient (Wildman–Crippen LogP) is 6.31. The highest BCUT2D eigenvalue weighted by molar-refractivity contribution is 7.92. The first-order chi connectivity index (χ1) is 20.4. The van der Waals surface area contributed by atoms with Crippen LogP contribution in [0.15, 0.2) is 54.9 Å². The maximum atomic E-state index is 15.6. The number of sulfonamides is 1. The van der Waals surface area contributed by atoms with Gasteiger partial charge in [0, 0.05) is 28.4 Å². The molecule has 4 rings (SSSR count). The van der Waals surface area contributed by atoms with E-state index in [0.29, 0.717) is 22.6 Å². The van der Waals surface area contributed by atoms with E-state index in [4.69, 9.17) is 22.1 Å². The molecule has 9 nitrogen and oxygen atoms in total. The van der Waals surface area contributed by atoms with Crippen LogP contribution in [0, 0.1) is 17.6 Å². The maximum Gasteiger partial charge on any atom is 0.324 e. The SMILES string of the molecule is CCCS(=O)(=O)Nc1ccc(F)c(C(=O)c2cn(COC(=O)[C@@H](N)C(C)CC)c3ncc(-c4ccc(Cl)cc4)cc23)c1F.Cl. The fourth-order valence-corrected chi connectivity index (χ4v) is 5.69. The average molecular weight is 670 g/mol. The number of nitrogens with one attached hydrogen (secondary N) is 1. The Hall–Kier alpha value is -3.58. The van der Waals surface area contributed by atoms with E-state index in [0.717, 1.165) is 12.1 Å². The number of benzene rings is 2. The Balaban J connectivity index is 0.00000529. The van der Waals surface area contributed by atoms with Crippen LogP contribution in [0.1, 0.15) is 49.5 Å². The molecule has 2 heterocycles. The van der Waals surface area contributed by atoms with E-state index in [9.17, 15) is 18.0 Å². The van der Waals surface area contributed by atoms with Gasteiger partial charge in [0.2, 0.25) is 15.8 Å². The van der Waals surface area contributed by atoms with E-state index in [1.807, 2.05) is 13.8 Å². The second-order valence-electron chi connectivity index (χ2n) is 10.2. The number of halogens is 4. The summed E-state index contributed by atoms with van der Waals surface area (Å²) in [4.78, 5) is 30.8. The molecule has 2 aromatic heterocycles. The first kappa shape index (κ1) is 34.9. The maximum absolute atomic E-state index is 15.6. The van der Waals surface area contributed by atoms with Crippen LogP contribution in [-0.2, 0) is 26.3 Å². The van der Waals surface area contributed by atoms with Gasteiger partial charge in [0.15, 0.2) is 12.5 Å². The molecule has 14 heteroatoms. The topological polar surface area (TPSA) is 133 Å². The van der Waals surface area contributed by atoms with Crippen LogP contribution in [0.5, 0.6) is 0 Å². The van der Waals surface area contributed by atoms with Crippen LogP contribution in [0.2, 0.25) is 5.02 Å². The van der Waals surface area contributed by atoms with Crippen molar-refractivity contribution < 1.29 is 31.5 Å². The number of nitrogens with two attached hydrogens (primary N) is 1. The second kappa shape index (κ2) is 14.5. The van der Waals surface area contributed by atoms with Crippen molar-refractivity contribution in [3.63, 3.8) is 0 Å². The summed E-state index contributed by atoms with van der Waals surface area (Å²) in [5, 5.41) is 0.730. The molecule has 0 aliphatic heterocycles. The Morgan fingerprint density at radius 3 is 2.43 bits per heavy atom. The lowest BCUT2D eigenvalue weighted by Gasteiger charge is -2.17. The number of esters is 1. The zero-order valence-electron chi connectivity index (χ0n) is 24.1. The van der Waals surface area contributed by atoms with Gasteiger partial charge in [-0.2, -0.15) is 0 Å². The third kappa shape index (κ3) is 7.55. The minimum absolute atomic E-state index is 0. The molecule has 0 saturated carbocycles. The highest BCUT2D eigenvalue weighted by Crippen LogP contribution is 2.31. The monoisotopic (exact) mass is 668 g/mol. The molecule has 2 atom stereocenters. The molecule has 4 aromatic rings. The molecule has 0 spiro atoms. The summed E-state index contributed by atoms with van der Waals surface area (Å²) in [6.45, 7) is 4.96. The number of rotatable bonds is 12. The summed E-state index contributed by atoms with van der Waals surface area (Å²) in [5.41, 5.74) is 5.81. The first-order valence-electron chi connectivity index (χ1n) is 13.6. The fourth-order valence-electron chi connectivity index (χ4n) is 4.43. The van der Waals surface area contributed by atoms with E-state index in [2.05, 4.69) is 9.71 Å². The van der Waals surface area contributed by atoms with Gasteiger partial charge in [0.05, 0.1) is 22.6 Å². The molecule has 0 saturated heterocycles. The summed E-state index contributed by atoms with van der Waals surface area (Å²) in [6.07, 6.45) is 3.73. The fraction of sp³-hybridized carbons (Fsp3) is 0.300. The molecule has 0 aliphatic carbocycles. The molecule has 2 aromatic carbocycles. The van der Waals surface area contributed by atoms with Gasteiger partial charge in [-0.05, 0) is 48.2 Å². The number of hydrogen-bond acceptors (Lipinski definition) is 7. The van der Waals surface area contributed by atoms with Crippen molar-refractivity contribution in [2.45, 2.75) is 46.4 Å². The molecular formula is C30H32Cl2F2N4O5S. The lowest BCUT2D eigenvalue weighted by molar-refractivity contribution is -0.150. The molecule has 0 aliphatic rings. The van der Waals surface area contributed by atoms with Crippen LogP contribution in [0.3, 0.4) is 0 Å². The van der Waals surface area contributed by atoms with Crippen molar-refractivity contribution in [1.82, 2.24) is 9.55 Å². The molecule has 236 valence electrons. The molecule has 1 unspecified atom stereocenters. The van der Waals surface area contributed by atoms with Crippen LogP contribution in [0.4, 0.5) is 14.5 Å². The minimum atomic E-state index is -3.93. The van der Waals surface area contributed by atoms with Crippen molar-refractivity contribution in [3.05, 3.63) is 82.6 Å². The van der Waals surface area contributed by atoms with Crippen LogP contribution >= 0.6 is 24.0 Å². The summed E-state index contributed by atoms with van der Waals surface area (Å²) in [5.74, 6) is -4.70. The minimum Gasteiger partial charge on any atom is -0.443 e. The Morgan fingerprint density at radius 2 is 1.80 bits per heavy atom. The third-order valence-corrected chi connectivity index (χ3v) is 8.80. The van der Waals surface area contributed by atoms with E-state index in [-0.39, 0.29) is 53.8 Å². The normalized spacial score (nSPS) is 12.8. The summed E-state index contributed by atoms with van der Waals surface area (Å²) in [7, 11) is -3.93. The van der Waals surface area contributed by atoms with Crippen molar-refractivity contribution in [3.8, 4) is 11.1 Å². The zero-order chi connectivity index (χ0) is 31.5. The number of carbonyl (C=O) groups is 2. The van der Waals surface area contributed by atoms with Gasteiger partial charge in [-0.1, -0.05) is 50.9 Å². The Labute approximate surface area is 265 Å². The van der Waals surface area contributed by atoms with Gasteiger partial charge in [-0.25, -0.2) is 22.2 Å². The number of aromatic nitrogens is 2. The smallest absolute Gasteiger partial charge is 0.324 e. The van der Waals surface area contributed by atoms with E-state index in [1.165, 1.54) is 17.0 Å². The summed E-state index contributed by atoms with van der Waals surface area (Å²) >= 11 is 6.02. The molecule has 3 N–H and O–H groups in total. The molecule has 0 radical (unpaired) electrons. The molecular weight excluding hydrogens is 637 g/mol. The first-order valence-corrected chi connectivity index (χ1v) is 15.6. The van der Waals surface area contributed by atoms with Crippen LogP contribution < -0.4 is 10.5 Å². The standard InChI is InChI=1S/C30H31ClF2N4O5S.ClH/c1-4-12-43(40,41)36-24-11-10-23(32)25(26(24)33)28(38)22-15-37(16-42-30(39)27(34)17(3)5-2)29-21(22)13-19(14-35-29)18-6-8-20(31)9-7-18;/h6-11,13-15,17,27,36H,4-5,12,16,34H2,1-3H3;1H/t17?,27-;/m0./s1. The van der Waals surface area contributed by atoms with Gasteiger partial charge in [-0.15, -0.1) is 12.4 Å². The quantitative estimate of drug-likeness (QED) is 0.133. The number of pyridine rings is 1. The third-order valence-electron chi connectivity index (χ3n) is 7.07. The van der Waals surface area contributed by atoms with Crippen molar-refractivity contribution in [2.75, 3.05) is 10.5 Å². The predicted molar refractivity (Wildman–Crippen MR) is 168 cm³/mol. The number of ketones is 1. The summed E-state index contributed by atoms with van der Waals surface area (Å²) < 4.78 is 64.0. The van der Waals surface area contributed by atoms with Crippen molar-refractivity contribution >= 4 is 62.5 Å². The molecule has 0 bridgehead atoms. The average Bonchev–Trinajstić information content (AvgIpc) is 3.34. The van der Waals surface area contributed by atoms with Crippen LogP contribution in [0.25, 0.3) is 22.2 Å². The van der Waals surface area contributed by atoms with Crippen molar-refractivity contribution in [1.29, 1.82) is 0 Å². The number of nitrogens with zero attached hydrogens (tertiary/aromatic N) is 2. The lowest BCUT2D eigenvalue weighted by Crippen LogP contribution is -2.38. The number of hydrogen-bond donors (Lipinski definition) is 2. The van der Waals surface area contributed by atoms with E-state index >= 15 is 8.78 Å². The van der Waals surface area contributed by atoms with Gasteiger partial charge < -0.3 is 10.5 Å². The largest absolute Gasteiger partial charge is 0.443 e. The molecule has 44 heavy (non-hydrogen) atoms. The van der Waals surface area contributed by atoms with Crippen LogP contribution in [-0.4, -0.2) is 41.5 Å². The van der Waals surface area contributed by atoms with Gasteiger partial charge >= 0.3 is 5.97 Å². The highest BCUT2D eigenvalue weighted by atomic mass is 35.5. The summed E-state index contributed by atoms with van der Waals surface area (Å²) in [6, 6.07) is 9.31. The number of ether oxygens (including phenoxy) is 1. The second-order valence-corrected chi connectivity index (χ2v) is 12.4. The van der Waals surface area contributed by atoms with E-state index < -0.39 is 50.7 Å². The number of fused-ring (bicyclic) bond motifs is 1. The van der Waals surface area contributed by atoms with Gasteiger partial charge in [0.25, 0.3) is 0 Å². The lowest BCUT2D eigenvalue weighted by atomic mass is 10.00.